The maximum Gasteiger partial charge on any atom is 0.356 e. The second-order valence-electron chi connectivity index (χ2n) is 11.3. The van der Waals surface area contributed by atoms with Gasteiger partial charge in [0.25, 0.3) is 0 Å². The third-order valence-corrected chi connectivity index (χ3v) is 7.81. The highest BCUT2D eigenvalue weighted by atomic mass is 16.5. The molecule has 0 amide bonds. The average Bonchev–Trinajstić information content (AvgIpc) is 3.07. The molecule has 254 valence electrons. The first kappa shape index (κ1) is 39.3. The van der Waals surface area contributed by atoms with Crippen molar-refractivity contribution in [2.75, 3.05) is 19.2 Å². The lowest BCUT2D eigenvalue weighted by molar-refractivity contribution is 0.0586. The van der Waals surface area contributed by atoms with Crippen molar-refractivity contribution in [1.82, 2.24) is 4.98 Å². The Morgan fingerprint density at radius 3 is 1.42 bits per heavy atom. The predicted octanol–water partition coefficient (Wildman–Crippen LogP) is 5.71. The zero-order chi connectivity index (χ0) is 36.3. The van der Waals surface area contributed by atoms with Crippen LogP contribution in [0.2, 0.25) is 0 Å². The van der Waals surface area contributed by atoms with E-state index in [0.717, 1.165) is 11.0 Å². The van der Waals surface area contributed by atoms with Gasteiger partial charge in [-0.2, -0.15) is 0 Å². The number of esters is 2. The fourth-order valence-corrected chi connectivity index (χ4v) is 6.02. The number of aromatic nitrogens is 1. The third-order valence-electron chi connectivity index (χ3n) is 7.81. The molecule has 1 heterocycles. The molecule has 4 rings (SSSR count). The van der Waals surface area contributed by atoms with Crippen molar-refractivity contribution in [2.24, 2.45) is 11.6 Å². The van der Waals surface area contributed by atoms with Crippen molar-refractivity contribution >= 4 is 46.4 Å². The first-order chi connectivity index (χ1) is 22.8. The molecule has 8 nitrogen and oxygen atoms in total. The van der Waals surface area contributed by atoms with Gasteiger partial charge in [0, 0.05) is 6.20 Å². The second kappa shape index (κ2) is 17.9. The SMILES string of the molecule is CC.CC.COC(=O)c1cc(N(N)/C=C(\N)c2ccc(B(c3c(C)cc(C)cc3C)c3c(C)cc(C)cc3C)cc2)cc(C(=O)OC)n1. The monoisotopic (exact) mass is 650 g/mol. The summed E-state index contributed by atoms with van der Waals surface area (Å²) < 4.78 is 9.54. The van der Waals surface area contributed by atoms with Crippen LogP contribution in [0, 0.1) is 41.5 Å². The molecule has 0 aliphatic heterocycles. The van der Waals surface area contributed by atoms with Gasteiger partial charge in [-0.1, -0.05) is 126 Å². The van der Waals surface area contributed by atoms with E-state index in [0.29, 0.717) is 11.4 Å². The number of ether oxygens (including phenoxy) is 2. The first-order valence-electron chi connectivity index (χ1n) is 16.3. The van der Waals surface area contributed by atoms with Crippen LogP contribution in [0.25, 0.3) is 5.70 Å². The number of nitrogens with two attached hydrogens (primary N) is 2. The smallest absolute Gasteiger partial charge is 0.356 e. The van der Waals surface area contributed by atoms with Crippen molar-refractivity contribution in [3.63, 3.8) is 0 Å². The summed E-state index contributed by atoms with van der Waals surface area (Å²) in [6, 6.07) is 20.0. The van der Waals surface area contributed by atoms with Gasteiger partial charge >= 0.3 is 11.9 Å². The summed E-state index contributed by atoms with van der Waals surface area (Å²) >= 11 is 0. The van der Waals surface area contributed by atoms with E-state index in [1.807, 2.05) is 39.8 Å². The summed E-state index contributed by atoms with van der Waals surface area (Å²) in [7, 11) is 2.45. The van der Waals surface area contributed by atoms with Crippen molar-refractivity contribution < 1.29 is 19.1 Å². The number of carbonyl (C=O) groups is 2. The largest absolute Gasteiger partial charge is 0.464 e. The molecule has 9 heteroatoms. The lowest BCUT2D eigenvalue weighted by Crippen LogP contribution is -2.55. The number of methoxy groups -OCH3 is 2. The Morgan fingerprint density at radius 1 is 0.688 bits per heavy atom. The van der Waals surface area contributed by atoms with Gasteiger partial charge in [-0.05, 0) is 59.2 Å². The molecule has 4 aromatic rings. The maximum atomic E-state index is 12.2. The van der Waals surface area contributed by atoms with Crippen LogP contribution in [0.3, 0.4) is 0 Å². The van der Waals surface area contributed by atoms with E-state index in [1.54, 1.807) is 0 Å². The predicted molar refractivity (Wildman–Crippen MR) is 201 cm³/mol. The quantitative estimate of drug-likeness (QED) is 0.108. The van der Waals surface area contributed by atoms with Crippen molar-refractivity contribution in [3.05, 3.63) is 117 Å². The average molecular weight is 651 g/mol. The van der Waals surface area contributed by atoms with Gasteiger partial charge in [0.2, 0.25) is 6.71 Å². The molecule has 1 aromatic heterocycles. The zero-order valence-electron chi connectivity index (χ0n) is 30.6. The second-order valence-corrected chi connectivity index (χ2v) is 11.3. The molecule has 0 radical (unpaired) electrons. The number of aryl methyl sites for hydroxylation is 6. The lowest BCUT2D eigenvalue weighted by atomic mass is 9.34. The van der Waals surface area contributed by atoms with Crippen LogP contribution in [0.1, 0.15) is 87.6 Å². The van der Waals surface area contributed by atoms with E-state index >= 15 is 0 Å². The summed E-state index contributed by atoms with van der Waals surface area (Å²) in [5.74, 6) is 4.89. The minimum atomic E-state index is -0.717. The number of hydrazine groups is 1. The van der Waals surface area contributed by atoms with Crippen molar-refractivity contribution in [2.45, 2.75) is 69.2 Å². The number of rotatable bonds is 8. The number of carbonyl (C=O) groups excluding carboxylic acids is 2. The molecule has 0 fully saturated rings. The molecule has 3 aromatic carbocycles. The van der Waals surface area contributed by atoms with E-state index in [-0.39, 0.29) is 18.1 Å². The van der Waals surface area contributed by atoms with Gasteiger partial charge in [0.15, 0.2) is 11.4 Å². The lowest BCUT2D eigenvalue weighted by Gasteiger charge is -2.25. The number of benzene rings is 3. The molecule has 0 bridgehead atoms. The highest BCUT2D eigenvalue weighted by Gasteiger charge is 2.28. The van der Waals surface area contributed by atoms with E-state index in [9.17, 15) is 9.59 Å². The van der Waals surface area contributed by atoms with Gasteiger partial charge in [-0.15, -0.1) is 0 Å². The number of hydrogen-bond acceptors (Lipinski definition) is 8. The topological polar surface area (TPSA) is 121 Å². The molecule has 0 spiro atoms. The van der Waals surface area contributed by atoms with Gasteiger partial charge in [-0.25, -0.2) is 20.4 Å². The summed E-state index contributed by atoms with van der Waals surface area (Å²) in [4.78, 5) is 28.4. The molecular formula is C39H51BN4O4. The third kappa shape index (κ3) is 9.13. The Hall–Kier alpha value is -4.89. The van der Waals surface area contributed by atoms with Gasteiger partial charge in [-0.3, -0.25) is 5.01 Å². The zero-order valence-corrected chi connectivity index (χ0v) is 30.6. The summed E-state index contributed by atoms with van der Waals surface area (Å²) in [6.07, 6.45) is 1.52. The van der Waals surface area contributed by atoms with Crippen LogP contribution in [0.4, 0.5) is 5.69 Å². The Labute approximate surface area is 287 Å². The molecule has 48 heavy (non-hydrogen) atoms. The van der Waals surface area contributed by atoms with Crippen LogP contribution >= 0.6 is 0 Å². The molecular weight excluding hydrogens is 599 g/mol. The molecule has 0 aliphatic rings. The fraction of sp³-hybridized carbons (Fsp3) is 0.308. The minimum absolute atomic E-state index is 0.0340. The number of hydrogen-bond donors (Lipinski definition) is 2. The fourth-order valence-electron chi connectivity index (χ4n) is 6.02. The summed E-state index contributed by atoms with van der Waals surface area (Å²) in [5, 5.41) is 1.23. The van der Waals surface area contributed by atoms with Crippen molar-refractivity contribution in [1.29, 1.82) is 0 Å². The van der Waals surface area contributed by atoms with Gasteiger partial charge in [0.1, 0.15) is 0 Å². The Bertz CT molecular complexity index is 1630. The molecule has 0 atom stereocenters. The first-order valence-corrected chi connectivity index (χ1v) is 16.3. The number of anilines is 1. The van der Waals surface area contributed by atoms with E-state index < -0.39 is 11.9 Å². The molecule has 0 aliphatic carbocycles. The van der Waals surface area contributed by atoms with Crippen LogP contribution < -0.4 is 33.0 Å². The standard InChI is InChI=1S/C35H39BN4O4.2C2H6/c1-20-13-22(3)32(23(4)14-20)36(33-24(5)15-21(2)16-25(33)6)27-11-9-26(10-12-27)29(37)19-40(38)28-17-30(34(41)43-7)39-31(18-28)35(42)44-8;2*1-2/h9-19H,37-38H2,1-8H3;2*1-2H3/b29-19-;;. The summed E-state index contributed by atoms with van der Waals surface area (Å²) in [5.41, 5.74) is 19.0. The summed E-state index contributed by atoms with van der Waals surface area (Å²) in [6.45, 7) is 21.0. The van der Waals surface area contributed by atoms with E-state index in [1.165, 1.54) is 81.9 Å². The highest BCUT2D eigenvalue weighted by Crippen LogP contribution is 2.19. The highest BCUT2D eigenvalue weighted by molar-refractivity contribution is 6.96. The molecule has 0 saturated carbocycles. The Morgan fingerprint density at radius 2 is 1.06 bits per heavy atom. The van der Waals surface area contributed by atoms with Crippen LogP contribution in [-0.2, 0) is 9.47 Å². The Balaban J connectivity index is 0.00000193. The van der Waals surface area contributed by atoms with Crippen LogP contribution in [-0.4, -0.2) is 37.9 Å². The maximum absolute atomic E-state index is 12.2. The van der Waals surface area contributed by atoms with Gasteiger partial charge < -0.3 is 15.2 Å². The molecule has 4 N–H and O–H groups in total. The van der Waals surface area contributed by atoms with Crippen molar-refractivity contribution in [3.8, 4) is 0 Å². The normalized spacial score (nSPS) is 10.6. The van der Waals surface area contributed by atoms with Crippen LogP contribution in [0.15, 0.2) is 66.9 Å². The minimum Gasteiger partial charge on any atom is -0.464 e. The number of nitrogens with zero attached hydrogens (tertiary/aromatic N) is 2. The Kier molecular flexibility index (Phi) is 14.6. The van der Waals surface area contributed by atoms with E-state index in [2.05, 4.69) is 82.9 Å². The van der Waals surface area contributed by atoms with E-state index in [4.69, 9.17) is 21.1 Å². The molecule has 0 saturated heterocycles. The van der Waals surface area contributed by atoms with Gasteiger partial charge in [0.05, 0.1) is 25.6 Å². The number of pyridine rings is 1. The molecule has 0 unspecified atom stereocenters. The van der Waals surface area contributed by atoms with Crippen LogP contribution in [0.5, 0.6) is 0 Å².